The fourth-order valence-corrected chi connectivity index (χ4v) is 3.28. The molecule has 0 unspecified atom stereocenters. The van der Waals surface area contributed by atoms with E-state index in [0.29, 0.717) is 17.2 Å². The Labute approximate surface area is 198 Å². The average molecular weight is 548 g/mol. The van der Waals surface area contributed by atoms with E-state index in [4.69, 9.17) is 16.3 Å². The van der Waals surface area contributed by atoms with E-state index in [2.05, 4.69) is 38.4 Å². The highest BCUT2D eigenvalue weighted by atomic mass is 127. The summed E-state index contributed by atoms with van der Waals surface area (Å²) in [7, 11) is 0. The van der Waals surface area contributed by atoms with Gasteiger partial charge in [0.1, 0.15) is 12.4 Å². The van der Waals surface area contributed by atoms with Crippen molar-refractivity contribution in [2.24, 2.45) is 5.10 Å². The molecule has 0 atom stereocenters. The number of hydrogen-bond donors (Lipinski definition) is 2. The van der Waals surface area contributed by atoms with E-state index in [-0.39, 0.29) is 12.5 Å². The van der Waals surface area contributed by atoms with Crippen LogP contribution < -0.4 is 15.5 Å². The molecule has 0 aliphatic heterocycles. The first kappa shape index (κ1) is 22.8. The average Bonchev–Trinajstić information content (AvgIpc) is 2.78. The molecule has 0 heterocycles. The monoisotopic (exact) mass is 547 g/mol. The molecule has 0 spiro atoms. The molecular formula is C23H19ClIN3O3. The zero-order valence-electron chi connectivity index (χ0n) is 16.3. The molecule has 0 bridgehead atoms. The summed E-state index contributed by atoms with van der Waals surface area (Å²) in [6.07, 6.45) is 1.52. The number of nitrogens with one attached hydrogen (secondary N) is 2. The Morgan fingerprint density at radius 2 is 1.71 bits per heavy atom. The minimum absolute atomic E-state index is 0.168. The minimum Gasteiger partial charge on any atom is -0.489 e. The number of carbonyl (C=O) groups is 2. The highest BCUT2D eigenvalue weighted by molar-refractivity contribution is 14.1. The molecule has 2 amide bonds. The molecule has 0 aliphatic rings. The molecule has 3 aromatic carbocycles. The van der Waals surface area contributed by atoms with Gasteiger partial charge in [0, 0.05) is 8.59 Å². The van der Waals surface area contributed by atoms with Gasteiger partial charge in [-0.15, -0.1) is 0 Å². The zero-order chi connectivity index (χ0) is 22.1. The van der Waals surface area contributed by atoms with Crippen LogP contribution in [-0.2, 0) is 11.4 Å². The van der Waals surface area contributed by atoms with E-state index in [9.17, 15) is 9.59 Å². The van der Waals surface area contributed by atoms with Crippen molar-refractivity contribution in [3.8, 4) is 5.75 Å². The summed E-state index contributed by atoms with van der Waals surface area (Å²) in [5, 5.41) is 7.17. The predicted molar refractivity (Wildman–Crippen MR) is 129 cm³/mol. The third kappa shape index (κ3) is 7.37. The fraction of sp³-hybridized carbons (Fsp3) is 0.0870. The first-order valence-corrected chi connectivity index (χ1v) is 10.8. The molecule has 158 valence electrons. The van der Waals surface area contributed by atoms with Crippen LogP contribution in [0.4, 0.5) is 0 Å². The largest absolute Gasteiger partial charge is 0.489 e. The standard InChI is InChI=1S/C23H19ClIN3O3/c24-18-9-5-17(6-10-18)15-31-19-11-7-16(8-12-19)13-27-28-22(29)14-26-23(30)20-3-1-2-4-21(20)25/h1-13H,14-15H2,(H,26,30)(H,28,29). The Bertz CT molecular complexity index is 1070. The molecule has 2 N–H and O–H groups in total. The number of rotatable bonds is 8. The van der Waals surface area contributed by atoms with E-state index < -0.39 is 5.91 Å². The van der Waals surface area contributed by atoms with Gasteiger partial charge in [-0.1, -0.05) is 35.9 Å². The summed E-state index contributed by atoms with van der Waals surface area (Å²) in [6, 6.07) is 21.9. The van der Waals surface area contributed by atoms with Crippen LogP contribution in [0.5, 0.6) is 5.75 Å². The lowest BCUT2D eigenvalue weighted by Gasteiger charge is -2.07. The number of nitrogens with zero attached hydrogens (tertiary/aromatic N) is 1. The van der Waals surface area contributed by atoms with Crippen LogP contribution in [-0.4, -0.2) is 24.6 Å². The van der Waals surface area contributed by atoms with E-state index in [1.54, 1.807) is 12.1 Å². The third-order valence-corrected chi connectivity index (χ3v) is 5.32. The molecule has 3 aromatic rings. The summed E-state index contributed by atoms with van der Waals surface area (Å²) < 4.78 is 6.55. The number of benzene rings is 3. The Balaban J connectivity index is 1.41. The second-order valence-electron chi connectivity index (χ2n) is 6.44. The normalized spacial score (nSPS) is 10.6. The van der Waals surface area contributed by atoms with Gasteiger partial charge in [0.2, 0.25) is 0 Å². The Hall–Kier alpha value is -2.91. The van der Waals surface area contributed by atoms with Crippen molar-refractivity contribution >= 4 is 52.2 Å². The smallest absolute Gasteiger partial charge is 0.259 e. The van der Waals surface area contributed by atoms with E-state index >= 15 is 0 Å². The lowest BCUT2D eigenvalue weighted by molar-refractivity contribution is -0.120. The lowest BCUT2D eigenvalue weighted by atomic mass is 10.2. The highest BCUT2D eigenvalue weighted by Gasteiger charge is 2.10. The summed E-state index contributed by atoms with van der Waals surface area (Å²) >= 11 is 7.95. The van der Waals surface area contributed by atoms with Crippen LogP contribution in [0.25, 0.3) is 0 Å². The van der Waals surface area contributed by atoms with Crippen molar-refractivity contribution in [2.75, 3.05) is 6.54 Å². The molecule has 0 fully saturated rings. The topological polar surface area (TPSA) is 79.8 Å². The lowest BCUT2D eigenvalue weighted by Crippen LogP contribution is -2.35. The van der Waals surface area contributed by atoms with Crippen molar-refractivity contribution in [3.05, 3.63) is 98.1 Å². The maximum atomic E-state index is 12.1. The molecule has 3 rings (SSSR count). The van der Waals surface area contributed by atoms with Crippen LogP contribution in [0.2, 0.25) is 5.02 Å². The Morgan fingerprint density at radius 1 is 1.00 bits per heavy atom. The number of carbonyl (C=O) groups excluding carboxylic acids is 2. The summed E-state index contributed by atoms with van der Waals surface area (Å²) in [4.78, 5) is 24.0. The van der Waals surface area contributed by atoms with Crippen LogP contribution >= 0.6 is 34.2 Å². The van der Waals surface area contributed by atoms with E-state index in [1.165, 1.54) is 6.21 Å². The molecule has 0 saturated carbocycles. The van der Waals surface area contributed by atoms with E-state index in [0.717, 1.165) is 20.4 Å². The molecule has 0 aromatic heterocycles. The second-order valence-corrected chi connectivity index (χ2v) is 8.04. The van der Waals surface area contributed by atoms with Gasteiger partial charge in [-0.25, -0.2) is 5.43 Å². The van der Waals surface area contributed by atoms with Gasteiger partial charge in [0.25, 0.3) is 11.8 Å². The van der Waals surface area contributed by atoms with Crippen LogP contribution in [0.15, 0.2) is 77.9 Å². The molecular weight excluding hydrogens is 529 g/mol. The Kier molecular flexibility index (Phi) is 8.43. The summed E-state index contributed by atoms with van der Waals surface area (Å²) in [5.41, 5.74) is 4.73. The fourth-order valence-electron chi connectivity index (χ4n) is 2.52. The van der Waals surface area contributed by atoms with Crippen molar-refractivity contribution < 1.29 is 14.3 Å². The number of hydrogen-bond acceptors (Lipinski definition) is 4. The number of amides is 2. The maximum Gasteiger partial charge on any atom is 0.259 e. The van der Waals surface area contributed by atoms with Gasteiger partial charge < -0.3 is 10.1 Å². The van der Waals surface area contributed by atoms with Crippen molar-refractivity contribution in [1.82, 2.24) is 10.7 Å². The molecule has 0 radical (unpaired) electrons. The SMILES string of the molecule is O=C(CNC(=O)c1ccccc1I)NN=Cc1ccc(OCc2ccc(Cl)cc2)cc1. The van der Waals surface area contributed by atoms with Crippen LogP contribution in [0.3, 0.4) is 0 Å². The van der Waals surface area contributed by atoms with Gasteiger partial charge in [-0.05, 0) is 82.2 Å². The number of ether oxygens (including phenoxy) is 1. The first-order chi connectivity index (χ1) is 15.0. The minimum atomic E-state index is -0.418. The van der Waals surface area contributed by atoms with Gasteiger partial charge in [0.05, 0.1) is 18.3 Å². The summed E-state index contributed by atoms with van der Waals surface area (Å²) in [6.45, 7) is 0.271. The first-order valence-electron chi connectivity index (χ1n) is 9.33. The van der Waals surface area contributed by atoms with Gasteiger partial charge in [0.15, 0.2) is 0 Å². The van der Waals surface area contributed by atoms with Gasteiger partial charge >= 0.3 is 0 Å². The molecule has 0 saturated heterocycles. The molecule has 0 aliphatic carbocycles. The third-order valence-electron chi connectivity index (χ3n) is 4.13. The van der Waals surface area contributed by atoms with Gasteiger partial charge in [-0.2, -0.15) is 5.10 Å². The number of halogens is 2. The van der Waals surface area contributed by atoms with E-state index in [1.807, 2.05) is 60.7 Å². The van der Waals surface area contributed by atoms with Crippen molar-refractivity contribution in [2.45, 2.75) is 6.61 Å². The summed E-state index contributed by atoms with van der Waals surface area (Å²) in [5.74, 6) is -0.00818. The van der Waals surface area contributed by atoms with Crippen LogP contribution in [0, 0.1) is 3.57 Å². The Morgan fingerprint density at radius 3 is 2.42 bits per heavy atom. The van der Waals surface area contributed by atoms with Crippen molar-refractivity contribution in [1.29, 1.82) is 0 Å². The quantitative estimate of drug-likeness (QED) is 0.249. The van der Waals surface area contributed by atoms with Crippen LogP contribution in [0.1, 0.15) is 21.5 Å². The maximum absolute atomic E-state index is 12.1. The molecule has 6 nitrogen and oxygen atoms in total. The van der Waals surface area contributed by atoms with Crippen molar-refractivity contribution in [3.63, 3.8) is 0 Å². The molecule has 31 heavy (non-hydrogen) atoms. The van der Waals surface area contributed by atoms with Gasteiger partial charge in [-0.3, -0.25) is 9.59 Å². The highest BCUT2D eigenvalue weighted by Crippen LogP contribution is 2.15. The predicted octanol–water partition coefficient (Wildman–Crippen LogP) is 4.40. The number of hydrazone groups is 1. The molecule has 8 heteroatoms. The zero-order valence-corrected chi connectivity index (χ0v) is 19.3. The second kappa shape index (κ2) is 11.5.